The van der Waals surface area contributed by atoms with Gasteiger partial charge in [0.05, 0.1) is 23.6 Å². The summed E-state index contributed by atoms with van der Waals surface area (Å²) in [6.45, 7) is 4.17. The highest BCUT2D eigenvalue weighted by Crippen LogP contribution is 2.49. The molecule has 2 N–H and O–H groups in total. The molecule has 0 spiro atoms. The molecule has 0 saturated heterocycles. The fourth-order valence-corrected chi connectivity index (χ4v) is 5.19. The minimum Gasteiger partial charge on any atom is -0.392 e. The number of pyridine rings is 2. The van der Waals surface area contributed by atoms with Crippen LogP contribution in [0.5, 0.6) is 0 Å². The first kappa shape index (κ1) is 25.3. The number of aliphatic hydroxyl groups excluding tert-OH is 1. The molecule has 3 aromatic rings. The van der Waals surface area contributed by atoms with Crippen molar-refractivity contribution in [2.24, 2.45) is 5.92 Å². The van der Waals surface area contributed by atoms with Gasteiger partial charge in [-0.1, -0.05) is 19.9 Å². The van der Waals surface area contributed by atoms with Crippen LogP contribution in [0.25, 0.3) is 11.3 Å². The summed E-state index contributed by atoms with van der Waals surface area (Å²) in [5.74, 6) is -3.37. The van der Waals surface area contributed by atoms with Crippen molar-refractivity contribution in [1.82, 2.24) is 9.97 Å². The number of halogens is 3. The van der Waals surface area contributed by atoms with E-state index in [0.29, 0.717) is 12.1 Å². The van der Waals surface area contributed by atoms with E-state index in [2.05, 4.69) is 38.4 Å². The molecule has 5 unspecified atom stereocenters. The van der Waals surface area contributed by atoms with E-state index in [4.69, 9.17) is 0 Å². The van der Waals surface area contributed by atoms with Gasteiger partial charge in [-0.15, -0.1) is 9.24 Å². The van der Waals surface area contributed by atoms with Crippen molar-refractivity contribution in [3.8, 4) is 11.3 Å². The van der Waals surface area contributed by atoms with Gasteiger partial charge in [0.2, 0.25) is 0 Å². The predicted molar refractivity (Wildman–Crippen MR) is 132 cm³/mol. The lowest BCUT2D eigenvalue weighted by Crippen LogP contribution is -2.47. The number of aromatic nitrogens is 2. The smallest absolute Gasteiger partial charge is 0.274 e. The van der Waals surface area contributed by atoms with Crippen LogP contribution in [0.4, 0.5) is 18.9 Å². The van der Waals surface area contributed by atoms with E-state index in [9.17, 15) is 23.1 Å². The maximum atomic E-state index is 14.4. The number of rotatable bonds is 5. The molecule has 1 fully saturated rings. The molecule has 0 radical (unpaired) electrons. The molecule has 1 aromatic carbocycles. The van der Waals surface area contributed by atoms with Crippen molar-refractivity contribution in [2.75, 3.05) is 5.32 Å². The number of hydrogen-bond donors (Lipinski definition) is 2. The highest BCUT2D eigenvalue weighted by molar-refractivity contribution is 7.19. The van der Waals surface area contributed by atoms with Crippen molar-refractivity contribution < 1.29 is 23.1 Å². The normalized spacial score (nSPS) is 24.3. The van der Waals surface area contributed by atoms with Crippen LogP contribution in [0, 0.1) is 23.4 Å². The number of nitrogens with zero attached hydrogens (tertiary/aromatic N) is 2. The number of benzene rings is 1. The molecule has 4 rings (SSSR count). The lowest BCUT2D eigenvalue weighted by atomic mass is 9.69. The first-order valence-corrected chi connectivity index (χ1v) is 12.1. The van der Waals surface area contributed by atoms with E-state index in [0.717, 1.165) is 48.7 Å². The van der Waals surface area contributed by atoms with Gasteiger partial charge in [0.1, 0.15) is 28.8 Å². The van der Waals surface area contributed by atoms with Crippen LogP contribution < -0.4 is 5.32 Å². The van der Waals surface area contributed by atoms with Crippen molar-refractivity contribution in [1.29, 1.82) is 0 Å². The molecule has 5 atom stereocenters. The average molecular weight is 501 g/mol. The van der Waals surface area contributed by atoms with Crippen LogP contribution in [-0.2, 0) is 0 Å². The molecule has 2 heterocycles. The van der Waals surface area contributed by atoms with Crippen molar-refractivity contribution in [2.45, 2.75) is 50.3 Å². The van der Waals surface area contributed by atoms with E-state index in [1.54, 1.807) is 12.3 Å². The maximum Gasteiger partial charge on any atom is 0.274 e. The molecule has 9 heteroatoms. The summed E-state index contributed by atoms with van der Waals surface area (Å²) in [4.78, 5) is 21.1. The standard InChI is InChI=1S/C26H27F3N3O2P/c1-3-26(35)14(2)11-15(12-22(26)33)16-9-10-30-13-21(16)32-25(34)20-8-7-19(29)24(31-20)23-17(27)5-4-6-18(23)28/h4-10,13-15,22,33H,3,11-12,35H2,1-2H3,(H,32,34). The zero-order valence-corrected chi connectivity index (χ0v) is 20.6. The Labute approximate surface area is 204 Å². The molecule has 1 amide bonds. The third kappa shape index (κ3) is 4.82. The van der Waals surface area contributed by atoms with Gasteiger partial charge >= 0.3 is 0 Å². The third-order valence-electron chi connectivity index (χ3n) is 7.12. The molecule has 184 valence electrons. The monoisotopic (exact) mass is 501 g/mol. The fourth-order valence-electron chi connectivity index (χ4n) is 4.92. The van der Waals surface area contributed by atoms with Gasteiger partial charge in [-0.05, 0) is 67.0 Å². The van der Waals surface area contributed by atoms with Gasteiger partial charge in [-0.3, -0.25) is 9.78 Å². The Morgan fingerprint density at radius 3 is 2.51 bits per heavy atom. The zero-order chi connectivity index (χ0) is 25.3. The lowest BCUT2D eigenvalue weighted by molar-refractivity contribution is 0.0484. The first-order chi connectivity index (χ1) is 16.7. The second kappa shape index (κ2) is 10.0. The molecular weight excluding hydrogens is 474 g/mol. The average Bonchev–Trinajstić information content (AvgIpc) is 2.83. The Morgan fingerprint density at radius 2 is 1.86 bits per heavy atom. The Balaban J connectivity index is 1.62. The van der Waals surface area contributed by atoms with Gasteiger partial charge in [0, 0.05) is 11.4 Å². The Morgan fingerprint density at radius 1 is 1.14 bits per heavy atom. The van der Waals surface area contributed by atoms with Crippen LogP contribution in [0.2, 0.25) is 0 Å². The number of carbonyl (C=O) groups excluding carboxylic acids is 1. The summed E-state index contributed by atoms with van der Waals surface area (Å²) in [6.07, 6.45) is 4.77. The number of nitrogens with one attached hydrogen (secondary N) is 1. The van der Waals surface area contributed by atoms with E-state index < -0.39 is 40.7 Å². The van der Waals surface area contributed by atoms with Gasteiger partial charge in [0.15, 0.2) is 0 Å². The van der Waals surface area contributed by atoms with Crippen LogP contribution in [0.3, 0.4) is 0 Å². The third-order valence-corrected chi connectivity index (χ3v) is 8.48. The SMILES string of the molecule is CCC1(P)C(C)CC(c2ccncc2NC(=O)c2ccc(F)c(-c3c(F)cccc3F)n2)CC1O. The number of hydrogen-bond acceptors (Lipinski definition) is 4. The largest absolute Gasteiger partial charge is 0.392 e. The van der Waals surface area contributed by atoms with Gasteiger partial charge in [-0.2, -0.15) is 0 Å². The zero-order valence-electron chi connectivity index (χ0n) is 19.4. The topological polar surface area (TPSA) is 75.1 Å². The summed E-state index contributed by atoms with van der Waals surface area (Å²) >= 11 is 0. The summed E-state index contributed by atoms with van der Waals surface area (Å²) in [7, 11) is 2.83. The molecule has 5 nitrogen and oxygen atoms in total. The Bertz CT molecular complexity index is 1220. The lowest BCUT2D eigenvalue weighted by Gasteiger charge is -2.46. The van der Waals surface area contributed by atoms with Crippen LogP contribution in [0.15, 0.2) is 48.8 Å². The highest BCUT2D eigenvalue weighted by Gasteiger charge is 2.44. The molecule has 0 bridgehead atoms. The minimum absolute atomic E-state index is 0.0113. The van der Waals surface area contributed by atoms with Crippen LogP contribution in [-0.4, -0.2) is 32.2 Å². The summed E-state index contributed by atoms with van der Waals surface area (Å²) < 4.78 is 42.9. The van der Waals surface area contributed by atoms with Crippen molar-refractivity contribution in [3.63, 3.8) is 0 Å². The molecule has 2 aromatic heterocycles. The van der Waals surface area contributed by atoms with E-state index >= 15 is 0 Å². The second-order valence-corrected chi connectivity index (χ2v) is 10.2. The molecule has 1 aliphatic carbocycles. The molecule has 1 aliphatic rings. The van der Waals surface area contributed by atoms with Crippen LogP contribution >= 0.6 is 9.24 Å². The van der Waals surface area contributed by atoms with E-state index in [1.165, 1.54) is 6.20 Å². The molecule has 35 heavy (non-hydrogen) atoms. The second-order valence-electron chi connectivity index (χ2n) is 9.09. The summed E-state index contributed by atoms with van der Waals surface area (Å²) in [5.41, 5.74) is -0.154. The fraction of sp³-hybridized carbons (Fsp3) is 0.346. The maximum absolute atomic E-state index is 14.4. The predicted octanol–water partition coefficient (Wildman–Crippen LogP) is 5.71. The van der Waals surface area contributed by atoms with Crippen molar-refractivity contribution in [3.05, 3.63) is 77.5 Å². The summed E-state index contributed by atoms with van der Waals surface area (Å²) in [5, 5.41) is 13.4. The number of anilines is 1. The minimum atomic E-state index is -0.981. The Hall–Kier alpha value is -2.83. The quantitative estimate of drug-likeness (QED) is 0.439. The molecular formula is C26H27F3N3O2P. The molecule has 1 saturated carbocycles. The van der Waals surface area contributed by atoms with E-state index in [-0.39, 0.29) is 22.7 Å². The van der Waals surface area contributed by atoms with Gasteiger partial charge < -0.3 is 10.4 Å². The Kier molecular flexibility index (Phi) is 7.25. The summed E-state index contributed by atoms with van der Waals surface area (Å²) in [6, 6.07) is 7.07. The van der Waals surface area contributed by atoms with E-state index in [1.807, 2.05) is 0 Å². The van der Waals surface area contributed by atoms with Crippen molar-refractivity contribution >= 4 is 20.8 Å². The number of aliphatic hydroxyl groups is 1. The van der Waals surface area contributed by atoms with Gasteiger partial charge in [0.25, 0.3) is 5.91 Å². The first-order valence-electron chi connectivity index (χ1n) is 11.5. The number of carbonyl (C=O) groups is 1. The van der Waals surface area contributed by atoms with Gasteiger partial charge in [-0.25, -0.2) is 18.2 Å². The number of amides is 1. The molecule has 0 aliphatic heterocycles. The highest BCUT2D eigenvalue weighted by atomic mass is 31.0. The van der Waals surface area contributed by atoms with Crippen LogP contribution in [0.1, 0.15) is 55.1 Å².